The summed E-state index contributed by atoms with van der Waals surface area (Å²) in [5.41, 5.74) is 4.89. The van der Waals surface area contributed by atoms with Gasteiger partial charge in [0.05, 0.1) is 16.2 Å². The van der Waals surface area contributed by atoms with Gasteiger partial charge in [0.2, 0.25) is 10.0 Å². The molecule has 162 valence electrons. The van der Waals surface area contributed by atoms with E-state index in [1.165, 1.54) is 11.8 Å². The Labute approximate surface area is 192 Å². The van der Waals surface area contributed by atoms with Gasteiger partial charge < -0.3 is 0 Å². The van der Waals surface area contributed by atoms with Crippen molar-refractivity contribution in [3.63, 3.8) is 0 Å². The lowest BCUT2D eigenvalue weighted by atomic mass is 10.1. The van der Waals surface area contributed by atoms with Crippen molar-refractivity contribution in [1.29, 1.82) is 0 Å². The van der Waals surface area contributed by atoms with Crippen molar-refractivity contribution >= 4 is 32.6 Å². The first-order chi connectivity index (χ1) is 15.3. The van der Waals surface area contributed by atoms with Crippen LogP contribution in [0.5, 0.6) is 0 Å². The highest BCUT2D eigenvalue weighted by molar-refractivity contribution is 7.99. The molecule has 0 radical (unpaired) electrons. The quantitative estimate of drug-likeness (QED) is 0.402. The molecular formula is C25H23N3O2S2. The number of rotatable bonds is 5. The lowest BCUT2D eigenvalue weighted by Crippen LogP contribution is -2.30. The molecule has 1 N–H and O–H groups in total. The summed E-state index contributed by atoms with van der Waals surface area (Å²) in [6, 6.07) is 20.6. The first kappa shape index (κ1) is 21.1. The lowest BCUT2D eigenvalue weighted by Gasteiger charge is -2.22. The van der Waals surface area contributed by atoms with Crippen molar-refractivity contribution in [2.75, 3.05) is 0 Å². The summed E-state index contributed by atoms with van der Waals surface area (Å²) in [6.45, 7) is 5.83. The number of benzene rings is 3. The molecule has 0 saturated carbocycles. The summed E-state index contributed by atoms with van der Waals surface area (Å²) < 4.78 is 29.6. The second kappa shape index (κ2) is 7.99. The molecule has 5 nitrogen and oxygen atoms in total. The van der Waals surface area contributed by atoms with Gasteiger partial charge >= 0.3 is 0 Å². The smallest absolute Gasteiger partial charge is 0.228 e. The van der Waals surface area contributed by atoms with E-state index in [9.17, 15) is 8.42 Å². The van der Waals surface area contributed by atoms with Crippen LogP contribution in [-0.2, 0) is 10.0 Å². The first-order valence-electron chi connectivity index (χ1n) is 10.4. The zero-order valence-electron chi connectivity index (χ0n) is 18.0. The number of hydrogen-bond donors (Lipinski definition) is 1. The van der Waals surface area contributed by atoms with Crippen LogP contribution < -0.4 is 4.72 Å². The highest BCUT2D eigenvalue weighted by Crippen LogP contribution is 2.52. The maximum Gasteiger partial charge on any atom is 0.241 e. The van der Waals surface area contributed by atoms with Crippen molar-refractivity contribution in [2.45, 2.75) is 42.1 Å². The van der Waals surface area contributed by atoms with Gasteiger partial charge in [-0.15, -0.1) is 0 Å². The Hall–Kier alpha value is -2.74. The van der Waals surface area contributed by atoms with Crippen LogP contribution in [0.25, 0.3) is 10.8 Å². The van der Waals surface area contributed by atoms with Crippen molar-refractivity contribution in [3.05, 3.63) is 94.8 Å². The Bertz CT molecular complexity index is 1410. The summed E-state index contributed by atoms with van der Waals surface area (Å²) in [4.78, 5) is 9.46. The second-order valence-corrected chi connectivity index (χ2v) is 11.0. The predicted octanol–water partition coefficient (Wildman–Crippen LogP) is 5.42. The molecule has 5 rings (SSSR count). The molecule has 1 aliphatic carbocycles. The average molecular weight is 462 g/mol. The van der Waals surface area contributed by atoms with Gasteiger partial charge in [-0.05, 0) is 60.9 Å². The minimum absolute atomic E-state index is 0.183. The van der Waals surface area contributed by atoms with Crippen molar-refractivity contribution in [3.8, 4) is 0 Å². The average Bonchev–Trinajstić information content (AvgIpc) is 3.02. The largest absolute Gasteiger partial charge is 0.241 e. The fourth-order valence-electron chi connectivity index (χ4n) is 4.31. The van der Waals surface area contributed by atoms with Crippen LogP contribution in [-0.4, -0.2) is 18.4 Å². The molecular weight excluding hydrogens is 438 g/mol. The third-order valence-electron chi connectivity index (χ3n) is 5.72. The minimum Gasteiger partial charge on any atom is -0.228 e. The van der Waals surface area contributed by atoms with Gasteiger partial charge in [0.25, 0.3) is 0 Å². The minimum atomic E-state index is -3.72. The monoisotopic (exact) mass is 461 g/mol. The molecule has 1 aromatic heterocycles. The van der Waals surface area contributed by atoms with Crippen LogP contribution in [0.1, 0.15) is 39.4 Å². The molecule has 0 amide bonds. The van der Waals surface area contributed by atoms with Gasteiger partial charge in [-0.1, -0.05) is 65.9 Å². The Balaban J connectivity index is 1.60. The molecule has 0 aliphatic heterocycles. The molecule has 7 heteroatoms. The SMILES string of the molecule is Cc1ccc(S(=O)(=O)N[C@@H]2c3cccc4cccc(c34)[C@@H]2Sc2nc(C)cc(C)n2)cc1. The van der Waals surface area contributed by atoms with E-state index < -0.39 is 16.1 Å². The molecule has 0 saturated heterocycles. The fourth-order valence-corrected chi connectivity index (χ4v) is 6.92. The molecule has 1 aliphatic rings. The molecule has 0 spiro atoms. The summed E-state index contributed by atoms with van der Waals surface area (Å²) in [5, 5.41) is 2.67. The van der Waals surface area contributed by atoms with E-state index in [1.807, 2.05) is 57.2 Å². The molecule has 3 aromatic carbocycles. The molecule has 32 heavy (non-hydrogen) atoms. The Kier molecular flexibility index (Phi) is 5.28. The maximum absolute atomic E-state index is 13.3. The van der Waals surface area contributed by atoms with Gasteiger partial charge in [0, 0.05) is 11.4 Å². The van der Waals surface area contributed by atoms with E-state index >= 15 is 0 Å². The lowest BCUT2D eigenvalue weighted by molar-refractivity contribution is 0.557. The van der Waals surface area contributed by atoms with E-state index in [-0.39, 0.29) is 10.1 Å². The van der Waals surface area contributed by atoms with Crippen LogP contribution in [0.3, 0.4) is 0 Å². The number of aromatic nitrogens is 2. The number of sulfonamides is 1. The summed E-state index contributed by atoms with van der Waals surface area (Å²) in [7, 11) is -3.72. The number of nitrogens with zero attached hydrogens (tertiary/aromatic N) is 2. The third-order valence-corrected chi connectivity index (χ3v) is 8.35. The number of aryl methyl sites for hydroxylation is 3. The maximum atomic E-state index is 13.3. The van der Waals surface area contributed by atoms with Gasteiger partial charge in [-0.2, -0.15) is 0 Å². The van der Waals surface area contributed by atoms with E-state index in [0.717, 1.165) is 38.9 Å². The van der Waals surface area contributed by atoms with E-state index in [0.29, 0.717) is 5.16 Å². The van der Waals surface area contributed by atoms with Gasteiger partial charge in [0.15, 0.2) is 5.16 Å². The zero-order chi connectivity index (χ0) is 22.5. The number of hydrogen-bond acceptors (Lipinski definition) is 5. The van der Waals surface area contributed by atoms with Crippen LogP contribution in [0, 0.1) is 20.8 Å². The van der Waals surface area contributed by atoms with E-state index in [1.54, 1.807) is 12.1 Å². The topological polar surface area (TPSA) is 72.0 Å². The molecule has 0 fully saturated rings. The zero-order valence-corrected chi connectivity index (χ0v) is 19.7. The third kappa shape index (κ3) is 3.81. The summed E-state index contributed by atoms with van der Waals surface area (Å²) >= 11 is 1.51. The normalized spacial score (nSPS) is 17.7. The number of nitrogens with one attached hydrogen (secondary N) is 1. The fraction of sp³-hybridized carbons (Fsp3) is 0.200. The Morgan fingerprint density at radius 3 is 2.12 bits per heavy atom. The van der Waals surface area contributed by atoms with Gasteiger partial charge in [0.1, 0.15) is 0 Å². The van der Waals surface area contributed by atoms with E-state index in [4.69, 9.17) is 0 Å². The van der Waals surface area contributed by atoms with Crippen molar-refractivity contribution < 1.29 is 8.42 Å². The van der Waals surface area contributed by atoms with Crippen LogP contribution >= 0.6 is 11.8 Å². The standard InChI is InChI=1S/C25H23N3O2S2/c1-15-10-12-19(13-11-15)32(29,30)28-23-20-8-4-6-18-7-5-9-21(22(18)20)24(23)31-25-26-16(2)14-17(3)27-25/h4-14,23-24,28H,1-3H3/t23-,24+/m1/s1. The van der Waals surface area contributed by atoms with Crippen LogP contribution in [0.2, 0.25) is 0 Å². The first-order valence-corrected chi connectivity index (χ1v) is 12.8. The molecule has 1 heterocycles. The molecule has 0 unspecified atom stereocenters. The Morgan fingerprint density at radius 2 is 1.47 bits per heavy atom. The van der Waals surface area contributed by atoms with Crippen molar-refractivity contribution in [1.82, 2.24) is 14.7 Å². The highest BCUT2D eigenvalue weighted by Gasteiger charge is 2.38. The molecule has 0 bridgehead atoms. The summed E-state index contributed by atoms with van der Waals surface area (Å²) in [6.07, 6.45) is 0. The second-order valence-electron chi connectivity index (χ2n) is 8.18. The van der Waals surface area contributed by atoms with Gasteiger partial charge in [-0.25, -0.2) is 23.1 Å². The molecule has 4 aromatic rings. The van der Waals surface area contributed by atoms with E-state index in [2.05, 4.69) is 32.9 Å². The number of thioether (sulfide) groups is 1. The van der Waals surface area contributed by atoms with Crippen LogP contribution in [0.15, 0.2) is 76.8 Å². The Morgan fingerprint density at radius 1 is 0.844 bits per heavy atom. The summed E-state index contributed by atoms with van der Waals surface area (Å²) in [5.74, 6) is 0. The van der Waals surface area contributed by atoms with Gasteiger partial charge in [-0.3, -0.25) is 0 Å². The molecule has 2 atom stereocenters. The van der Waals surface area contributed by atoms with Crippen molar-refractivity contribution in [2.24, 2.45) is 0 Å². The highest BCUT2D eigenvalue weighted by atomic mass is 32.2. The van der Waals surface area contributed by atoms with Crippen LogP contribution in [0.4, 0.5) is 0 Å². The predicted molar refractivity (Wildman–Crippen MR) is 128 cm³/mol.